The molecule has 2 aromatic heterocycles. The van der Waals surface area contributed by atoms with Gasteiger partial charge >= 0.3 is 0 Å². The zero-order chi connectivity index (χ0) is 20.6. The average molecular weight is 413 g/mol. The highest BCUT2D eigenvalue weighted by Gasteiger charge is 2.11. The topological polar surface area (TPSA) is 67.1 Å². The number of aromatic nitrogens is 3. The molecule has 0 radical (unpaired) electrons. The lowest BCUT2D eigenvalue weighted by atomic mass is 10.1. The molecule has 6 nitrogen and oxygen atoms in total. The molecule has 0 fully saturated rings. The van der Waals surface area contributed by atoms with Crippen LogP contribution in [0, 0.1) is 0 Å². The summed E-state index contributed by atoms with van der Waals surface area (Å²) in [6.07, 6.45) is 7.17. The molecule has 4 rings (SSSR count). The third-order valence-electron chi connectivity index (χ3n) is 4.36. The summed E-state index contributed by atoms with van der Waals surface area (Å²) >= 11 is 5.31. The van der Waals surface area contributed by atoms with Crippen molar-refractivity contribution < 1.29 is 0 Å². The SMILES string of the molecule is S=C(NCc1ccccc1)N/N=C\c1cn(-c2ccccc2)nc1-c1cccnc1. The van der Waals surface area contributed by atoms with Gasteiger partial charge in [0.05, 0.1) is 11.9 Å². The van der Waals surface area contributed by atoms with Gasteiger partial charge in [-0.3, -0.25) is 10.4 Å². The maximum absolute atomic E-state index is 5.31. The van der Waals surface area contributed by atoms with E-state index in [-0.39, 0.29) is 0 Å². The second kappa shape index (κ2) is 9.58. The van der Waals surface area contributed by atoms with Crippen LogP contribution in [-0.2, 0) is 6.54 Å². The van der Waals surface area contributed by atoms with Gasteiger partial charge in [-0.05, 0) is 42.0 Å². The predicted molar refractivity (Wildman–Crippen MR) is 123 cm³/mol. The quantitative estimate of drug-likeness (QED) is 0.285. The third-order valence-corrected chi connectivity index (χ3v) is 4.60. The standard InChI is InChI=1S/C23H20N6S/c30-23(25-14-18-8-3-1-4-9-18)27-26-16-20-17-29(21-11-5-2-6-12-21)28-22(20)19-10-7-13-24-15-19/h1-13,15-17H,14H2,(H2,25,27,30)/b26-16-. The van der Waals surface area contributed by atoms with Crippen molar-refractivity contribution in [2.75, 3.05) is 0 Å². The van der Waals surface area contributed by atoms with E-state index < -0.39 is 0 Å². The summed E-state index contributed by atoms with van der Waals surface area (Å²) in [4.78, 5) is 4.21. The lowest BCUT2D eigenvalue weighted by Crippen LogP contribution is -2.31. The van der Waals surface area contributed by atoms with Gasteiger partial charge in [-0.15, -0.1) is 0 Å². The molecular formula is C23H20N6S. The Morgan fingerprint density at radius 1 is 1.00 bits per heavy atom. The second-order valence-corrected chi connectivity index (χ2v) is 6.90. The molecule has 0 unspecified atom stereocenters. The molecule has 30 heavy (non-hydrogen) atoms. The number of thiocarbonyl (C=S) groups is 1. The summed E-state index contributed by atoms with van der Waals surface area (Å²) in [5.74, 6) is 0. The van der Waals surface area contributed by atoms with Crippen LogP contribution in [0.3, 0.4) is 0 Å². The highest BCUT2D eigenvalue weighted by molar-refractivity contribution is 7.80. The van der Waals surface area contributed by atoms with E-state index >= 15 is 0 Å². The Kier molecular flexibility index (Phi) is 6.22. The van der Waals surface area contributed by atoms with Crippen LogP contribution in [0.15, 0.2) is 96.5 Å². The van der Waals surface area contributed by atoms with Crippen molar-refractivity contribution in [1.29, 1.82) is 0 Å². The van der Waals surface area contributed by atoms with Crippen molar-refractivity contribution in [3.63, 3.8) is 0 Å². The number of hydrazone groups is 1. The highest BCUT2D eigenvalue weighted by atomic mass is 32.1. The van der Waals surface area contributed by atoms with E-state index in [9.17, 15) is 0 Å². The fourth-order valence-corrected chi connectivity index (χ4v) is 3.02. The van der Waals surface area contributed by atoms with Gasteiger partial charge in [0, 0.05) is 36.3 Å². The number of pyridine rings is 1. The molecule has 2 heterocycles. The molecule has 0 atom stereocenters. The number of nitrogens with zero attached hydrogens (tertiary/aromatic N) is 4. The average Bonchev–Trinajstić information content (AvgIpc) is 3.24. The second-order valence-electron chi connectivity index (χ2n) is 6.49. The lowest BCUT2D eigenvalue weighted by molar-refractivity contribution is 0.869. The Labute approximate surface area is 180 Å². The van der Waals surface area contributed by atoms with Crippen LogP contribution in [0.1, 0.15) is 11.1 Å². The number of hydrogen-bond acceptors (Lipinski definition) is 4. The molecule has 0 aliphatic carbocycles. The maximum Gasteiger partial charge on any atom is 0.187 e. The molecule has 2 aromatic carbocycles. The maximum atomic E-state index is 5.31. The first-order valence-corrected chi connectivity index (χ1v) is 9.87. The largest absolute Gasteiger partial charge is 0.357 e. The smallest absolute Gasteiger partial charge is 0.187 e. The third kappa shape index (κ3) is 4.95. The van der Waals surface area contributed by atoms with E-state index in [0.717, 1.165) is 28.1 Å². The van der Waals surface area contributed by atoms with Gasteiger partial charge in [-0.1, -0.05) is 48.5 Å². The van der Waals surface area contributed by atoms with Gasteiger partial charge in [0.2, 0.25) is 0 Å². The molecule has 0 aliphatic heterocycles. The summed E-state index contributed by atoms with van der Waals surface area (Å²) < 4.78 is 1.83. The van der Waals surface area contributed by atoms with Crippen LogP contribution in [0.25, 0.3) is 16.9 Å². The van der Waals surface area contributed by atoms with Gasteiger partial charge in [0.25, 0.3) is 0 Å². The summed E-state index contributed by atoms with van der Waals surface area (Å²) in [5, 5.41) is 12.6. The van der Waals surface area contributed by atoms with Crippen molar-refractivity contribution in [2.45, 2.75) is 6.54 Å². The minimum absolute atomic E-state index is 0.452. The molecule has 0 saturated carbocycles. The minimum atomic E-state index is 0.452. The molecule has 0 aliphatic rings. The molecule has 0 bridgehead atoms. The number of rotatable bonds is 6. The van der Waals surface area contributed by atoms with Crippen molar-refractivity contribution in [1.82, 2.24) is 25.5 Å². The van der Waals surface area contributed by atoms with Crippen molar-refractivity contribution in [3.8, 4) is 16.9 Å². The van der Waals surface area contributed by atoms with Crippen LogP contribution in [0.2, 0.25) is 0 Å². The molecule has 4 aromatic rings. The van der Waals surface area contributed by atoms with Gasteiger partial charge in [0.1, 0.15) is 5.69 Å². The van der Waals surface area contributed by atoms with E-state index in [1.165, 1.54) is 0 Å². The minimum Gasteiger partial charge on any atom is -0.357 e. The Morgan fingerprint density at radius 2 is 1.77 bits per heavy atom. The summed E-state index contributed by atoms with van der Waals surface area (Å²) in [6, 6.07) is 23.9. The zero-order valence-corrected chi connectivity index (χ0v) is 17.0. The van der Waals surface area contributed by atoms with Crippen molar-refractivity contribution in [3.05, 3.63) is 103 Å². The van der Waals surface area contributed by atoms with Crippen LogP contribution >= 0.6 is 12.2 Å². The molecule has 2 N–H and O–H groups in total. The van der Waals surface area contributed by atoms with Crippen LogP contribution in [-0.4, -0.2) is 26.1 Å². The summed E-state index contributed by atoms with van der Waals surface area (Å²) in [5.41, 5.74) is 7.54. The van der Waals surface area contributed by atoms with E-state index in [0.29, 0.717) is 11.7 Å². The van der Waals surface area contributed by atoms with Gasteiger partial charge in [-0.2, -0.15) is 10.2 Å². The first kappa shape index (κ1) is 19.5. The molecule has 7 heteroatoms. The van der Waals surface area contributed by atoms with E-state index in [1.54, 1.807) is 18.6 Å². The van der Waals surface area contributed by atoms with Crippen molar-refractivity contribution in [2.24, 2.45) is 5.10 Å². The van der Waals surface area contributed by atoms with Crippen LogP contribution < -0.4 is 10.7 Å². The van der Waals surface area contributed by atoms with E-state index in [1.807, 2.05) is 83.7 Å². The lowest BCUT2D eigenvalue weighted by Gasteiger charge is -2.06. The van der Waals surface area contributed by atoms with Gasteiger partial charge in [-0.25, -0.2) is 4.68 Å². The number of para-hydroxylation sites is 1. The Hall–Kier alpha value is -3.84. The number of hydrogen-bond donors (Lipinski definition) is 2. The van der Waals surface area contributed by atoms with Crippen LogP contribution in [0.4, 0.5) is 0 Å². The molecule has 148 valence electrons. The zero-order valence-electron chi connectivity index (χ0n) is 16.1. The normalized spacial score (nSPS) is 10.8. The van der Waals surface area contributed by atoms with Gasteiger partial charge < -0.3 is 5.32 Å². The van der Waals surface area contributed by atoms with Crippen molar-refractivity contribution >= 4 is 23.5 Å². The fraction of sp³-hybridized carbons (Fsp3) is 0.0435. The fourth-order valence-electron chi connectivity index (χ4n) is 2.90. The first-order chi connectivity index (χ1) is 14.8. The molecule has 0 saturated heterocycles. The molecular weight excluding hydrogens is 392 g/mol. The first-order valence-electron chi connectivity index (χ1n) is 9.46. The van der Waals surface area contributed by atoms with E-state index in [2.05, 4.69) is 20.8 Å². The van der Waals surface area contributed by atoms with Crippen LogP contribution in [0.5, 0.6) is 0 Å². The monoisotopic (exact) mass is 412 g/mol. The summed E-state index contributed by atoms with van der Waals surface area (Å²) in [7, 11) is 0. The van der Waals surface area contributed by atoms with E-state index in [4.69, 9.17) is 17.3 Å². The summed E-state index contributed by atoms with van der Waals surface area (Å²) in [6.45, 7) is 0.634. The Balaban J connectivity index is 1.49. The molecule has 0 spiro atoms. The highest BCUT2D eigenvalue weighted by Crippen LogP contribution is 2.21. The predicted octanol–water partition coefficient (Wildman–Crippen LogP) is 3.93. The Morgan fingerprint density at radius 3 is 2.50 bits per heavy atom. The Bertz CT molecular complexity index is 1120. The number of benzene rings is 2. The number of nitrogens with one attached hydrogen (secondary N) is 2. The molecule has 0 amide bonds. The van der Waals surface area contributed by atoms with Gasteiger partial charge in [0.15, 0.2) is 5.11 Å².